The molecule has 96 valence electrons. The second-order valence-electron chi connectivity index (χ2n) is 4.29. The predicted molar refractivity (Wildman–Crippen MR) is 78.6 cm³/mol. The zero-order valence-corrected chi connectivity index (χ0v) is 11.5. The van der Waals surface area contributed by atoms with E-state index < -0.39 is 0 Å². The number of hydrogen-bond acceptors (Lipinski definition) is 4. The lowest BCUT2D eigenvalue weighted by Crippen LogP contribution is -1.97. The quantitative estimate of drug-likeness (QED) is 0.714. The van der Waals surface area contributed by atoms with E-state index in [0.29, 0.717) is 0 Å². The molecule has 4 heteroatoms. The highest BCUT2D eigenvalue weighted by atomic mass is 32.1. The predicted octanol–water partition coefficient (Wildman–Crippen LogP) is 4.15. The molecule has 0 aliphatic carbocycles. The third-order valence-corrected chi connectivity index (χ3v) is 3.64. The number of nitrogens with zero attached hydrogens (tertiary/aromatic N) is 2. The molecule has 1 aromatic heterocycles. The molecule has 0 fully saturated rings. The molecule has 0 radical (unpaired) electrons. The Morgan fingerprint density at radius 2 is 2.05 bits per heavy atom. The molecular formula is C15H14N2OS. The minimum atomic E-state index is 0.720. The first-order valence-corrected chi connectivity index (χ1v) is 7.09. The Morgan fingerprint density at radius 3 is 2.84 bits per heavy atom. The summed E-state index contributed by atoms with van der Waals surface area (Å²) in [6.45, 7) is 2.83. The van der Waals surface area contributed by atoms with Gasteiger partial charge in [-0.05, 0) is 34.8 Å². The average molecular weight is 270 g/mol. The Kier molecular flexibility index (Phi) is 3.42. The van der Waals surface area contributed by atoms with E-state index in [1.54, 1.807) is 6.20 Å². The minimum Gasteiger partial charge on any atom is -0.493 e. The van der Waals surface area contributed by atoms with Crippen molar-refractivity contribution in [2.24, 2.45) is 0 Å². The van der Waals surface area contributed by atoms with Crippen molar-refractivity contribution < 1.29 is 4.74 Å². The Balaban J connectivity index is 2.22. The molecule has 0 amide bonds. The fraction of sp³-hybridized carbons (Fsp3) is 0.200. The SMILES string of the molecule is CCCOc1ccc2ccccc2c1-c1cnns1. The summed E-state index contributed by atoms with van der Waals surface area (Å²) in [5, 5.41) is 6.33. The number of aromatic nitrogens is 2. The van der Waals surface area contributed by atoms with E-state index in [4.69, 9.17) is 4.74 Å². The summed E-state index contributed by atoms with van der Waals surface area (Å²) in [5.41, 5.74) is 1.10. The molecular weight excluding hydrogens is 256 g/mol. The lowest BCUT2D eigenvalue weighted by Gasteiger charge is -2.12. The third-order valence-electron chi connectivity index (χ3n) is 2.96. The summed E-state index contributed by atoms with van der Waals surface area (Å²) in [5.74, 6) is 0.909. The molecule has 0 saturated heterocycles. The van der Waals surface area contributed by atoms with Gasteiger partial charge in [0.1, 0.15) is 5.75 Å². The number of hydrogen-bond donors (Lipinski definition) is 0. The zero-order chi connectivity index (χ0) is 13.1. The summed E-state index contributed by atoms with van der Waals surface area (Å²) in [7, 11) is 0. The van der Waals surface area contributed by atoms with Gasteiger partial charge in [0.2, 0.25) is 0 Å². The maximum atomic E-state index is 5.87. The van der Waals surface area contributed by atoms with E-state index in [1.807, 2.05) is 18.2 Å². The maximum Gasteiger partial charge on any atom is 0.128 e. The normalized spacial score (nSPS) is 10.8. The first-order valence-electron chi connectivity index (χ1n) is 6.32. The van der Waals surface area contributed by atoms with Gasteiger partial charge in [-0.15, -0.1) is 5.10 Å². The molecule has 3 rings (SSSR count). The Bertz CT molecular complexity index is 680. The van der Waals surface area contributed by atoms with Crippen LogP contribution in [0.25, 0.3) is 21.2 Å². The van der Waals surface area contributed by atoms with Crippen LogP contribution >= 0.6 is 11.5 Å². The van der Waals surface area contributed by atoms with Crippen molar-refractivity contribution in [3.05, 3.63) is 42.6 Å². The van der Waals surface area contributed by atoms with Gasteiger partial charge in [-0.2, -0.15) is 0 Å². The van der Waals surface area contributed by atoms with E-state index in [9.17, 15) is 0 Å². The molecule has 0 aliphatic rings. The standard InChI is InChI=1S/C15H14N2OS/c1-2-9-18-13-8-7-11-5-3-4-6-12(11)15(13)14-10-16-17-19-14/h3-8,10H,2,9H2,1H3. The van der Waals surface area contributed by atoms with Gasteiger partial charge in [0, 0.05) is 5.56 Å². The minimum absolute atomic E-state index is 0.720. The summed E-state index contributed by atoms with van der Waals surface area (Å²) < 4.78 is 9.83. The maximum absolute atomic E-state index is 5.87. The van der Waals surface area contributed by atoms with Gasteiger partial charge in [-0.3, -0.25) is 0 Å². The van der Waals surface area contributed by atoms with Gasteiger partial charge < -0.3 is 4.74 Å². The van der Waals surface area contributed by atoms with Gasteiger partial charge in [-0.25, -0.2) is 0 Å². The van der Waals surface area contributed by atoms with E-state index in [-0.39, 0.29) is 0 Å². The van der Waals surface area contributed by atoms with Gasteiger partial charge in [-0.1, -0.05) is 41.7 Å². The molecule has 0 spiro atoms. The molecule has 0 N–H and O–H groups in total. The van der Waals surface area contributed by atoms with E-state index in [1.165, 1.54) is 22.3 Å². The third kappa shape index (κ3) is 2.31. The smallest absolute Gasteiger partial charge is 0.128 e. The molecule has 0 bridgehead atoms. The van der Waals surface area contributed by atoms with Gasteiger partial charge in [0.25, 0.3) is 0 Å². The first-order chi connectivity index (χ1) is 9.40. The highest BCUT2D eigenvalue weighted by Gasteiger charge is 2.12. The second kappa shape index (κ2) is 5.36. The van der Waals surface area contributed by atoms with Crippen LogP contribution in [0.15, 0.2) is 42.6 Å². The van der Waals surface area contributed by atoms with E-state index in [2.05, 4.69) is 34.7 Å². The lowest BCUT2D eigenvalue weighted by molar-refractivity contribution is 0.319. The fourth-order valence-corrected chi connectivity index (χ4v) is 2.69. The van der Waals surface area contributed by atoms with Crippen LogP contribution in [0.5, 0.6) is 5.75 Å². The fourth-order valence-electron chi connectivity index (χ4n) is 2.12. The molecule has 0 unspecified atom stereocenters. The van der Waals surface area contributed by atoms with Crippen LogP contribution in [0.2, 0.25) is 0 Å². The largest absolute Gasteiger partial charge is 0.493 e. The van der Waals surface area contributed by atoms with Crippen molar-refractivity contribution in [3.8, 4) is 16.2 Å². The Labute approximate surface area is 116 Å². The van der Waals surface area contributed by atoms with Gasteiger partial charge in [0.15, 0.2) is 0 Å². The molecule has 3 aromatic rings. The molecule has 0 aliphatic heterocycles. The number of fused-ring (bicyclic) bond motifs is 1. The van der Waals surface area contributed by atoms with Gasteiger partial charge >= 0.3 is 0 Å². The van der Waals surface area contributed by atoms with Crippen LogP contribution in [0.4, 0.5) is 0 Å². The monoisotopic (exact) mass is 270 g/mol. The summed E-state index contributed by atoms with van der Waals surface area (Å²) in [4.78, 5) is 1.04. The van der Waals surface area contributed by atoms with Crippen molar-refractivity contribution in [2.75, 3.05) is 6.61 Å². The van der Waals surface area contributed by atoms with Crippen LogP contribution in [0, 0.1) is 0 Å². The topological polar surface area (TPSA) is 35.0 Å². The van der Waals surface area contributed by atoms with E-state index in [0.717, 1.165) is 29.2 Å². The summed E-state index contributed by atoms with van der Waals surface area (Å²) in [6, 6.07) is 12.4. The number of ether oxygens (including phenoxy) is 1. The molecule has 0 atom stereocenters. The number of rotatable bonds is 4. The van der Waals surface area contributed by atoms with Crippen molar-refractivity contribution in [3.63, 3.8) is 0 Å². The second-order valence-corrected chi connectivity index (χ2v) is 5.08. The molecule has 0 saturated carbocycles. The molecule has 3 nitrogen and oxygen atoms in total. The zero-order valence-electron chi connectivity index (χ0n) is 10.7. The first kappa shape index (κ1) is 12.1. The highest BCUT2D eigenvalue weighted by molar-refractivity contribution is 7.09. The molecule has 1 heterocycles. The number of benzene rings is 2. The summed E-state index contributed by atoms with van der Waals surface area (Å²) in [6.07, 6.45) is 2.79. The van der Waals surface area contributed by atoms with Crippen molar-refractivity contribution >= 4 is 22.3 Å². The summed E-state index contributed by atoms with van der Waals surface area (Å²) >= 11 is 1.40. The highest BCUT2D eigenvalue weighted by Crippen LogP contribution is 2.38. The van der Waals surface area contributed by atoms with Crippen LogP contribution in [-0.4, -0.2) is 16.2 Å². The molecule has 2 aromatic carbocycles. The van der Waals surface area contributed by atoms with Crippen molar-refractivity contribution in [1.29, 1.82) is 0 Å². The van der Waals surface area contributed by atoms with Crippen molar-refractivity contribution in [1.82, 2.24) is 9.59 Å². The van der Waals surface area contributed by atoms with Crippen LogP contribution < -0.4 is 4.74 Å². The van der Waals surface area contributed by atoms with Crippen LogP contribution in [0.1, 0.15) is 13.3 Å². The molecule has 19 heavy (non-hydrogen) atoms. The Morgan fingerprint density at radius 1 is 1.16 bits per heavy atom. The Hall–Kier alpha value is -1.94. The van der Waals surface area contributed by atoms with Crippen LogP contribution in [0.3, 0.4) is 0 Å². The lowest BCUT2D eigenvalue weighted by atomic mass is 10.0. The van der Waals surface area contributed by atoms with Crippen LogP contribution in [-0.2, 0) is 0 Å². The van der Waals surface area contributed by atoms with E-state index >= 15 is 0 Å². The van der Waals surface area contributed by atoms with Gasteiger partial charge in [0.05, 0.1) is 17.7 Å². The van der Waals surface area contributed by atoms with Crippen molar-refractivity contribution in [2.45, 2.75) is 13.3 Å². The average Bonchev–Trinajstić information content (AvgIpc) is 2.98.